The summed E-state index contributed by atoms with van der Waals surface area (Å²) < 4.78 is 0. The molecule has 1 atom stereocenters. The van der Waals surface area contributed by atoms with Gasteiger partial charge in [0, 0.05) is 32.4 Å². The lowest BCUT2D eigenvalue weighted by Crippen LogP contribution is -2.34. The number of amides is 2. The van der Waals surface area contributed by atoms with Gasteiger partial charge in [-0.05, 0) is 31.4 Å². The molecule has 2 aliphatic rings. The van der Waals surface area contributed by atoms with Crippen LogP contribution in [0, 0.1) is 0 Å². The second-order valence-electron chi connectivity index (χ2n) is 5.39. The van der Waals surface area contributed by atoms with Gasteiger partial charge < -0.3 is 20.2 Å². The molecule has 0 radical (unpaired) electrons. The lowest BCUT2D eigenvalue weighted by Gasteiger charge is -2.22. The number of urea groups is 1. The predicted octanol–water partition coefficient (Wildman–Crippen LogP) is 1.28. The maximum Gasteiger partial charge on any atom is 0.322 e. The first kappa shape index (κ1) is 13.2. The van der Waals surface area contributed by atoms with Crippen molar-refractivity contribution in [2.75, 3.05) is 36.4 Å². The number of anilines is 2. The van der Waals surface area contributed by atoms with Crippen molar-refractivity contribution in [3.63, 3.8) is 0 Å². The van der Waals surface area contributed by atoms with Crippen molar-refractivity contribution in [3.8, 4) is 0 Å². The third-order valence-corrected chi connectivity index (χ3v) is 3.88. The Morgan fingerprint density at radius 1 is 1.35 bits per heavy atom. The van der Waals surface area contributed by atoms with Crippen LogP contribution < -0.4 is 10.2 Å². The molecule has 6 heteroatoms. The molecule has 2 fully saturated rings. The zero-order chi connectivity index (χ0) is 13.9. The lowest BCUT2D eigenvalue weighted by molar-refractivity contribution is 0.176. The number of β-amino-alcohol motifs (C(OH)–C–C–N with tert-alkyl or cyclic N) is 1. The normalized spacial score (nSPS) is 22.4. The van der Waals surface area contributed by atoms with Crippen molar-refractivity contribution in [2.24, 2.45) is 0 Å². The van der Waals surface area contributed by atoms with Crippen LogP contribution in [0.15, 0.2) is 18.3 Å². The number of aliphatic hydroxyl groups excluding tert-OH is 1. The zero-order valence-corrected chi connectivity index (χ0v) is 11.5. The summed E-state index contributed by atoms with van der Waals surface area (Å²) in [5.74, 6) is 0.845. The van der Waals surface area contributed by atoms with Crippen LogP contribution >= 0.6 is 0 Å². The molecule has 2 aliphatic heterocycles. The summed E-state index contributed by atoms with van der Waals surface area (Å²) in [7, 11) is 0. The van der Waals surface area contributed by atoms with Crippen molar-refractivity contribution < 1.29 is 9.90 Å². The number of hydrogen-bond donors (Lipinski definition) is 2. The number of pyridine rings is 1. The van der Waals surface area contributed by atoms with Gasteiger partial charge in [-0.2, -0.15) is 0 Å². The van der Waals surface area contributed by atoms with Gasteiger partial charge in [-0.3, -0.25) is 0 Å². The van der Waals surface area contributed by atoms with Crippen molar-refractivity contribution in [1.29, 1.82) is 0 Å². The number of carbonyl (C=O) groups excluding carboxylic acids is 1. The van der Waals surface area contributed by atoms with Gasteiger partial charge in [0.15, 0.2) is 5.82 Å². The Kier molecular flexibility index (Phi) is 3.73. The number of likely N-dealkylation sites (tertiary alicyclic amines) is 1. The van der Waals surface area contributed by atoms with E-state index < -0.39 is 6.10 Å². The first-order valence-corrected chi connectivity index (χ1v) is 7.18. The highest BCUT2D eigenvalue weighted by molar-refractivity contribution is 5.92. The van der Waals surface area contributed by atoms with Crippen LogP contribution in [-0.2, 0) is 0 Å². The number of hydrogen-bond acceptors (Lipinski definition) is 4. The molecule has 3 rings (SSSR count). The first-order valence-electron chi connectivity index (χ1n) is 7.18. The van der Waals surface area contributed by atoms with Gasteiger partial charge in [-0.25, -0.2) is 9.78 Å². The van der Waals surface area contributed by atoms with Crippen molar-refractivity contribution in [2.45, 2.75) is 25.4 Å². The first-order chi connectivity index (χ1) is 9.74. The molecule has 0 saturated carbocycles. The van der Waals surface area contributed by atoms with E-state index in [2.05, 4.69) is 15.2 Å². The van der Waals surface area contributed by atoms with Crippen LogP contribution in [0.4, 0.5) is 16.3 Å². The van der Waals surface area contributed by atoms with Crippen LogP contribution in [0.3, 0.4) is 0 Å². The molecule has 3 heterocycles. The standard InChI is InChI=1S/C14H20N4O2/c19-11-5-9-18(10-11)14(20)16-12-4-3-6-15-13(12)17-7-1-2-8-17/h3-4,6,11,19H,1-2,5,7-10H2,(H,16,20)/t11-/m0/s1. The highest BCUT2D eigenvalue weighted by Crippen LogP contribution is 2.26. The molecule has 0 unspecified atom stereocenters. The summed E-state index contributed by atoms with van der Waals surface area (Å²) >= 11 is 0. The van der Waals surface area contributed by atoms with Crippen LogP contribution in [0.25, 0.3) is 0 Å². The van der Waals surface area contributed by atoms with Crippen LogP contribution in [0.1, 0.15) is 19.3 Å². The molecule has 108 valence electrons. The summed E-state index contributed by atoms with van der Waals surface area (Å²) in [6.45, 7) is 2.99. The Hall–Kier alpha value is -1.82. The number of aliphatic hydroxyl groups is 1. The van der Waals surface area contributed by atoms with Gasteiger partial charge in [0.25, 0.3) is 0 Å². The van der Waals surface area contributed by atoms with E-state index in [1.165, 1.54) is 12.8 Å². The minimum Gasteiger partial charge on any atom is -0.391 e. The maximum absolute atomic E-state index is 12.2. The van der Waals surface area contributed by atoms with Crippen LogP contribution in [-0.4, -0.2) is 53.3 Å². The third-order valence-electron chi connectivity index (χ3n) is 3.88. The van der Waals surface area contributed by atoms with Crippen LogP contribution in [0.2, 0.25) is 0 Å². The molecule has 6 nitrogen and oxygen atoms in total. The SMILES string of the molecule is O=C(Nc1cccnc1N1CCCC1)N1CC[C@H](O)C1. The Balaban J connectivity index is 1.72. The number of rotatable bonds is 2. The van der Waals surface area contributed by atoms with E-state index in [1.807, 2.05) is 12.1 Å². The summed E-state index contributed by atoms with van der Waals surface area (Å²) in [6, 6.07) is 3.55. The predicted molar refractivity (Wildman–Crippen MR) is 76.9 cm³/mol. The fourth-order valence-corrected chi connectivity index (χ4v) is 2.80. The summed E-state index contributed by atoms with van der Waals surface area (Å²) in [6.07, 6.45) is 4.35. The molecule has 0 aromatic carbocycles. The summed E-state index contributed by atoms with van der Waals surface area (Å²) in [5.41, 5.74) is 0.751. The fourth-order valence-electron chi connectivity index (χ4n) is 2.80. The Morgan fingerprint density at radius 2 is 2.15 bits per heavy atom. The smallest absolute Gasteiger partial charge is 0.322 e. The van der Waals surface area contributed by atoms with Crippen molar-refractivity contribution in [3.05, 3.63) is 18.3 Å². The average Bonchev–Trinajstić information content (AvgIpc) is 3.10. The van der Waals surface area contributed by atoms with Crippen LogP contribution in [0.5, 0.6) is 0 Å². The van der Waals surface area contributed by atoms with E-state index in [1.54, 1.807) is 11.1 Å². The Bertz CT molecular complexity index is 488. The molecule has 0 spiro atoms. The number of nitrogens with one attached hydrogen (secondary N) is 1. The molecule has 20 heavy (non-hydrogen) atoms. The highest BCUT2D eigenvalue weighted by Gasteiger charge is 2.25. The van der Waals surface area contributed by atoms with Crippen molar-refractivity contribution >= 4 is 17.5 Å². The maximum atomic E-state index is 12.2. The lowest BCUT2D eigenvalue weighted by atomic mass is 10.3. The quantitative estimate of drug-likeness (QED) is 0.854. The topological polar surface area (TPSA) is 68.7 Å². The number of carbonyl (C=O) groups is 1. The van der Waals surface area contributed by atoms with Gasteiger partial charge in [0.05, 0.1) is 11.8 Å². The monoisotopic (exact) mass is 276 g/mol. The highest BCUT2D eigenvalue weighted by atomic mass is 16.3. The van der Waals surface area contributed by atoms with Gasteiger partial charge in [-0.15, -0.1) is 0 Å². The molecular weight excluding hydrogens is 256 g/mol. The minimum absolute atomic E-state index is 0.157. The van der Waals surface area contributed by atoms with Gasteiger partial charge in [-0.1, -0.05) is 0 Å². The molecule has 0 aliphatic carbocycles. The zero-order valence-electron chi connectivity index (χ0n) is 11.5. The molecule has 2 N–H and O–H groups in total. The van der Waals surface area contributed by atoms with E-state index in [9.17, 15) is 9.90 Å². The van der Waals surface area contributed by atoms with Crippen molar-refractivity contribution in [1.82, 2.24) is 9.88 Å². The molecular formula is C14H20N4O2. The molecule has 2 amide bonds. The molecule has 2 saturated heterocycles. The summed E-state index contributed by atoms with van der Waals surface area (Å²) in [4.78, 5) is 20.4. The Labute approximate surface area is 118 Å². The van der Waals surface area contributed by atoms with E-state index in [-0.39, 0.29) is 6.03 Å². The molecule has 1 aromatic heterocycles. The van der Waals surface area contributed by atoms with Gasteiger partial charge >= 0.3 is 6.03 Å². The minimum atomic E-state index is -0.396. The van der Waals surface area contributed by atoms with Gasteiger partial charge in [0.1, 0.15) is 0 Å². The fraction of sp³-hybridized carbons (Fsp3) is 0.571. The van der Waals surface area contributed by atoms with E-state index in [0.29, 0.717) is 19.5 Å². The molecule has 1 aromatic rings. The Morgan fingerprint density at radius 3 is 2.85 bits per heavy atom. The summed E-state index contributed by atoms with van der Waals surface area (Å²) in [5, 5.41) is 12.4. The molecule has 0 bridgehead atoms. The average molecular weight is 276 g/mol. The van der Waals surface area contributed by atoms with E-state index in [0.717, 1.165) is 24.6 Å². The second kappa shape index (κ2) is 5.66. The largest absolute Gasteiger partial charge is 0.391 e. The van der Waals surface area contributed by atoms with E-state index in [4.69, 9.17) is 0 Å². The van der Waals surface area contributed by atoms with E-state index >= 15 is 0 Å². The number of aromatic nitrogens is 1. The van der Waals surface area contributed by atoms with Gasteiger partial charge in [0.2, 0.25) is 0 Å². The number of nitrogens with zero attached hydrogens (tertiary/aromatic N) is 3. The second-order valence-corrected chi connectivity index (χ2v) is 5.39. The third kappa shape index (κ3) is 2.70.